The van der Waals surface area contributed by atoms with Crippen LogP contribution in [0.25, 0.3) is 0 Å². The van der Waals surface area contributed by atoms with Crippen LogP contribution in [0.2, 0.25) is 0 Å². The van der Waals surface area contributed by atoms with Gasteiger partial charge in [0.05, 0.1) is 18.1 Å². The molecule has 1 aliphatic rings. The Morgan fingerprint density at radius 1 is 1.81 bits per heavy atom. The van der Waals surface area contributed by atoms with E-state index in [0.717, 1.165) is 24.5 Å². The fourth-order valence-electron chi connectivity index (χ4n) is 1.39. The molecular formula is C8H12N4O3S. The van der Waals surface area contributed by atoms with Gasteiger partial charge in [0, 0.05) is 19.1 Å². The first-order chi connectivity index (χ1) is 7.75. The number of rotatable bonds is 4. The van der Waals surface area contributed by atoms with Crippen molar-refractivity contribution < 1.29 is 9.66 Å². The highest BCUT2D eigenvalue weighted by atomic mass is 32.1. The van der Waals surface area contributed by atoms with Crippen LogP contribution in [0.4, 0.5) is 10.1 Å². The molecule has 0 radical (unpaired) electrons. The third-order valence-electron chi connectivity index (χ3n) is 2.17. The zero-order chi connectivity index (χ0) is 11.4. The maximum absolute atomic E-state index is 10.4. The lowest BCUT2D eigenvalue weighted by molar-refractivity contribution is -0.380. The number of thiazole rings is 1. The number of nitro groups is 1. The molecule has 2 N–H and O–H groups in total. The highest BCUT2D eigenvalue weighted by Gasteiger charge is 2.15. The van der Waals surface area contributed by atoms with Gasteiger partial charge in [-0.1, -0.05) is 0 Å². The van der Waals surface area contributed by atoms with Gasteiger partial charge in [-0.05, 0) is 11.3 Å². The van der Waals surface area contributed by atoms with Crippen LogP contribution >= 0.6 is 11.3 Å². The number of morpholine rings is 1. The van der Waals surface area contributed by atoms with Crippen LogP contribution < -0.4 is 10.6 Å². The van der Waals surface area contributed by atoms with Crippen LogP contribution in [0.1, 0.15) is 0 Å². The number of hydrogen-bond donors (Lipinski definition) is 2. The Kier molecular flexibility index (Phi) is 3.65. The van der Waals surface area contributed by atoms with Crippen LogP contribution in [0.5, 0.6) is 0 Å². The normalized spacial score (nSPS) is 20.6. The monoisotopic (exact) mass is 244 g/mol. The Hall–Kier alpha value is -1.25. The van der Waals surface area contributed by atoms with E-state index in [2.05, 4.69) is 15.6 Å². The predicted octanol–water partition coefficient (Wildman–Crippen LogP) is 0.452. The summed E-state index contributed by atoms with van der Waals surface area (Å²) in [5, 5.41) is 17.4. The Balaban J connectivity index is 1.81. The lowest BCUT2D eigenvalue weighted by atomic mass is 10.3. The highest BCUT2D eigenvalue weighted by Crippen LogP contribution is 2.24. The molecule has 1 aliphatic heterocycles. The summed E-state index contributed by atoms with van der Waals surface area (Å²) in [5.74, 6) is 0. The van der Waals surface area contributed by atoms with E-state index in [9.17, 15) is 10.1 Å². The number of nitrogens with one attached hydrogen (secondary N) is 2. The molecule has 88 valence electrons. The molecule has 1 aromatic rings. The molecule has 8 heteroatoms. The van der Waals surface area contributed by atoms with E-state index in [4.69, 9.17) is 4.74 Å². The molecule has 7 nitrogen and oxygen atoms in total. The SMILES string of the molecule is O=[N+]([O-])c1cnc(NCC2COCCN2)s1. The third-order valence-corrected chi connectivity index (χ3v) is 3.08. The van der Waals surface area contributed by atoms with Crippen LogP contribution in [-0.4, -0.2) is 42.3 Å². The summed E-state index contributed by atoms with van der Waals surface area (Å²) in [6.45, 7) is 2.88. The van der Waals surface area contributed by atoms with Crippen molar-refractivity contribution in [2.75, 3.05) is 31.6 Å². The summed E-state index contributed by atoms with van der Waals surface area (Å²) in [5.41, 5.74) is 0. The van der Waals surface area contributed by atoms with Gasteiger partial charge in [-0.3, -0.25) is 10.1 Å². The summed E-state index contributed by atoms with van der Waals surface area (Å²) in [7, 11) is 0. The first-order valence-electron chi connectivity index (χ1n) is 4.91. The van der Waals surface area contributed by atoms with Crippen molar-refractivity contribution in [2.24, 2.45) is 0 Å². The molecule has 0 aliphatic carbocycles. The minimum absolute atomic E-state index is 0.0513. The summed E-state index contributed by atoms with van der Waals surface area (Å²) >= 11 is 1.04. The number of anilines is 1. The predicted molar refractivity (Wildman–Crippen MR) is 59.9 cm³/mol. The van der Waals surface area contributed by atoms with Gasteiger partial charge in [-0.2, -0.15) is 0 Å². The third kappa shape index (κ3) is 2.87. The average Bonchev–Trinajstić information content (AvgIpc) is 2.76. The molecule has 0 spiro atoms. The van der Waals surface area contributed by atoms with Gasteiger partial charge in [0.1, 0.15) is 6.20 Å². The number of aromatic nitrogens is 1. The summed E-state index contributed by atoms with van der Waals surface area (Å²) < 4.78 is 5.29. The Labute approximate surface area is 96.0 Å². The van der Waals surface area contributed by atoms with Crippen molar-refractivity contribution in [3.05, 3.63) is 16.3 Å². The molecule has 1 aromatic heterocycles. The fourth-order valence-corrected chi connectivity index (χ4v) is 2.03. The van der Waals surface area contributed by atoms with Crippen LogP contribution in [0.15, 0.2) is 6.20 Å². The van der Waals surface area contributed by atoms with E-state index >= 15 is 0 Å². The van der Waals surface area contributed by atoms with Crippen molar-refractivity contribution in [3.63, 3.8) is 0 Å². The molecule has 2 rings (SSSR count). The van der Waals surface area contributed by atoms with Gasteiger partial charge in [-0.25, -0.2) is 4.98 Å². The van der Waals surface area contributed by atoms with Gasteiger partial charge >= 0.3 is 5.00 Å². The van der Waals surface area contributed by atoms with Crippen molar-refractivity contribution in [1.82, 2.24) is 10.3 Å². The fraction of sp³-hybridized carbons (Fsp3) is 0.625. The summed E-state index contributed by atoms with van der Waals surface area (Å²) in [6, 6.07) is 0.233. The molecule has 1 unspecified atom stereocenters. The number of hydrogen-bond acceptors (Lipinski definition) is 7. The molecule has 1 atom stereocenters. The van der Waals surface area contributed by atoms with E-state index in [-0.39, 0.29) is 11.0 Å². The standard InChI is InChI=1S/C8H12N4O3S/c13-12(14)7-4-11-8(16-7)10-3-6-5-15-2-1-9-6/h4,6,9H,1-3,5H2,(H,10,11). The summed E-state index contributed by atoms with van der Waals surface area (Å²) in [4.78, 5) is 13.9. The largest absolute Gasteiger partial charge is 0.378 e. The van der Waals surface area contributed by atoms with Crippen LogP contribution in [0, 0.1) is 10.1 Å². The van der Waals surface area contributed by atoms with Gasteiger partial charge < -0.3 is 15.4 Å². The van der Waals surface area contributed by atoms with E-state index in [1.165, 1.54) is 6.20 Å². The quantitative estimate of drug-likeness (QED) is 0.590. The Bertz CT molecular complexity index is 364. The van der Waals surface area contributed by atoms with E-state index in [1.54, 1.807) is 0 Å². The Morgan fingerprint density at radius 2 is 2.69 bits per heavy atom. The molecule has 0 amide bonds. The maximum atomic E-state index is 10.4. The zero-order valence-electron chi connectivity index (χ0n) is 8.51. The summed E-state index contributed by atoms with van der Waals surface area (Å²) in [6.07, 6.45) is 1.26. The number of nitrogens with zero attached hydrogens (tertiary/aromatic N) is 2. The zero-order valence-corrected chi connectivity index (χ0v) is 9.33. The lowest BCUT2D eigenvalue weighted by Gasteiger charge is -2.23. The molecule has 0 aromatic carbocycles. The van der Waals surface area contributed by atoms with Gasteiger partial charge in [0.15, 0.2) is 5.13 Å². The van der Waals surface area contributed by atoms with E-state index in [0.29, 0.717) is 18.3 Å². The number of ether oxygens (including phenoxy) is 1. The van der Waals surface area contributed by atoms with E-state index in [1.807, 2.05) is 0 Å². The molecule has 0 saturated carbocycles. The second kappa shape index (κ2) is 5.19. The van der Waals surface area contributed by atoms with Crippen molar-refractivity contribution in [1.29, 1.82) is 0 Å². The Morgan fingerprint density at radius 3 is 3.31 bits per heavy atom. The maximum Gasteiger partial charge on any atom is 0.345 e. The van der Waals surface area contributed by atoms with Crippen molar-refractivity contribution >= 4 is 21.5 Å². The second-order valence-corrected chi connectivity index (χ2v) is 4.38. The lowest BCUT2D eigenvalue weighted by Crippen LogP contribution is -2.45. The molecule has 0 bridgehead atoms. The molecule has 2 heterocycles. The molecule has 1 fully saturated rings. The second-order valence-electron chi connectivity index (χ2n) is 3.37. The highest BCUT2D eigenvalue weighted by molar-refractivity contribution is 7.18. The minimum atomic E-state index is -0.440. The van der Waals surface area contributed by atoms with Gasteiger partial charge in [0.2, 0.25) is 0 Å². The smallest absolute Gasteiger partial charge is 0.345 e. The molecule has 16 heavy (non-hydrogen) atoms. The first-order valence-corrected chi connectivity index (χ1v) is 5.72. The first kappa shape index (κ1) is 11.2. The minimum Gasteiger partial charge on any atom is -0.378 e. The van der Waals surface area contributed by atoms with E-state index < -0.39 is 4.92 Å². The van der Waals surface area contributed by atoms with Gasteiger partial charge in [0.25, 0.3) is 0 Å². The molecule has 1 saturated heterocycles. The van der Waals surface area contributed by atoms with Crippen molar-refractivity contribution in [3.8, 4) is 0 Å². The van der Waals surface area contributed by atoms with Crippen LogP contribution in [-0.2, 0) is 4.74 Å². The average molecular weight is 244 g/mol. The van der Waals surface area contributed by atoms with Gasteiger partial charge in [-0.15, -0.1) is 0 Å². The van der Waals surface area contributed by atoms with Crippen molar-refractivity contribution in [2.45, 2.75) is 6.04 Å². The molecular weight excluding hydrogens is 232 g/mol. The van der Waals surface area contributed by atoms with Crippen LogP contribution in [0.3, 0.4) is 0 Å². The topological polar surface area (TPSA) is 89.3 Å².